The van der Waals surface area contributed by atoms with Crippen molar-refractivity contribution in [3.8, 4) is 11.5 Å². The summed E-state index contributed by atoms with van der Waals surface area (Å²) in [4.78, 5) is 1.34. The van der Waals surface area contributed by atoms with E-state index >= 15 is 0 Å². The van der Waals surface area contributed by atoms with Crippen molar-refractivity contribution in [3.63, 3.8) is 0 Å². The van der Waals surface area contributed by atoms with Gasteiger partial charge in [0.25, 0.3) is 0 Å². The van der Waals surface area contributed by atoms with E-state index in [4.69, 9.17) is 0 Å². The number of phenols is 2. The maximum absolute atomic E-state index is 9.71. The molecule has 0 fully saturated rings. The highest BCUT2D eigenvalue weighted by Gasteiger charge is 2.21. The standard InChI is InChI=1S/C15H19NO2S/c1-15(2,14-4-3-7-19-14)10-16-9-11-5-6-12(17)8-13(11)18/h3-8,16-18H,9-10H2,1-2H3. The number of hydrogen-bond acceptors (Lipinski definition) is 4. The zero-order valence-corrected chi connectivity index (χ0v) is 12.0. The Labute approximate surface area is 117 Å². The second-order valence-electron chi connectivity index (χ2n) is 5.28. The van der Waals surface area contributed by atoms with Gasteiger partial charge in [-0.15, -0.1) is 11.3 Å². The Kier molecular flexibility index (Phi) is 4.12. The summed E-state index contributed by atoms with van der Waals surface area (Å²) in [7, 11) is 0. The van der Waals surface area contributed by atoms with Crippen LogP contribution in [0.5, 0.6) is 11.5 Å². The fourth-order valence-electron chi connectivity index (χ4n) is 1.96. The maximum atomic E-state index is 9.71. The van der Waals surface area contributed by atoms with Crippen molar-refractivity contribution in [1.29, 1.82) is 0 Å². The highest BCUT2D eigenvalue weighted by Crippen LogP contribution is 2.27. The minimum absolute atomic E-state index is 0.0701. The summed E-state index contributed by atoms with van der Waals surface area (Å²) >= 11 is 1.76. The molecule has 0 aliphatic rings. The van der Waals surface area contributed by atoms with Gasteiger partial charge in [-0.25, -0.2) is 0 Å². The quantitative estimate of drug-likeness (QED) is 0.786. The molecular weight excluding hydrogens is 258 g/mol. The van der Waals surface area contributed by atoms with Crippen molar-refractivity contribution >= 4 is 11.3 Å². The van der Waals surface area contributed by atoms with E-state index < -0.39 is 0 Å². The molecule has 0 saturated heterocycles. The van der Waals surface area contributed by atoms with Gasteiger partial charge in [0, 0.05) is 35.0 Å². The van der Waals surface area contributed by atoms with Crippen molar-refractivity contribution in [3.05, 3.63) is 46.2 Å². The van der Waals surface area contributed by atoms with E-state index in [0.717, 1.165) is 12.1 Å². The second kappa shape index (κ2) is 5.63. The van der Waals surface area contributed by atoms with Crippen LogP contribution in [0.15, 0.2) is 35.7 Å². The molecule has 0 amide bonds. The van der Waals surface area contributed by atoms with E-state index in [2.05, 4.69) is 36.7 Å². The van der Waals surface area contributed by atoms with Crippen LogP contribution >= 0.6 is 11.3 Å². The highest BCUT2D eigenvalue weighted by atomic mass is 32.1. The monoisotopic (exact) mass is 277 g/mol. The van der Waals surface area contributed by atoms with Crippen LogP contribution < -0.4 is 5.32 Å². The predicted octanol–water partition coefficient (Wildman–Crippen LogP) is 3.23. The summed E-state index contributed by atoms with van der Waals surface area (Å²) in [5.41, 5.74) is 0.862. The molecule has 1 heterocycles. The molecule has 3 nitrogen and oxygen atoms in total. The van der Waals surface area contributed by atoms with Crippen LogP contribution in [0, 0.1) is 0 Å². The molecule has 0 bridgehead atoms. The van der Waals surface area contributed by atoms with Crippen LogP contribution in [0.1, 0.15) is 24.3 Å². The molecule has 4 heteroatoms. The summed E-state index contributed by atoms with van der Waals surface area (Å²) in [6.07, 6.45) is 0. The molecule has 0 unspecified atom stereocenters. The first kappa shape index (κ1) is 13.9. The summed E-state index contributed by atoms with van der Waals surface area (Å²) < 4.78 is 0. The molecule has 0 saturated carbocycles. The van der Waals surface area contributed by atoms with Crippen LogP contribution in [0.25, 0.3) is 0 Å². The van der Waals surface area contributed by atoms with Gasteiger partial charge in [0.05, 0.1) is 0 Å². The third-order valence-electron chi connectivity index (χ3n) is 3.14. The lowest BCUT2D eigenvalue weighted by Gasteiger charge is -2.24. The number of rotatable bonds is 5. The minimum atomic E-state index is 0.0701. The molecule has 1 aromatic carbocycles. The smallest absolute Gasteiger partial charge is 0.123 e. The Morgan fingerprint density at radius 1 is 1.21 bits per heavy atom. The summed E-state index contributed by atoms with van der Waals surface area (Å²) in [5, 5.41) is 24.4. The lowest BCUT2D eigenvalue weighted by atomic mass is 9.91. The van der Waals surface area contributed by atoms with E-state index in [0.29, 0.717) is 6.54 Å². The summed E-state index contributed by atoms with van der Waals surface area (Å²) in [5.74, 6) is 0.210. The number of hydrogen-bond donors (Lipinski definition) is 3. The van der Waals surface area contributed by atoms with Crippen molar-refractivity contribution < 1.29 is 10.2 Å². The van der Waals surface area contributed by atoms with Gasteiger partial charge in [-0.05, 0) is 17.5 Å². The number of benzene rings is 1. The molecule has 3 N–H and O–H groups in total. The van der Waals surface area contributed by atoms with Gasteiger partial charge in [0.2, 0.25) is 0 Å². The van der Waals surface area contributed by atoms with Gasteiger partial charge in [0.1, 0.15) is 11.5 Å². The van der Waals surface area contributed by atoms with Gasteiger partial charge < -0.3 is 15.5 Å². The van der Waals surface area contributed by atoms with Crippen molar-refractivity contribution in [2.24, 2.45) is 0 Å². The van der Waals surface area contributed by atoms with Crippen LogP contribution in [0.4, 0.5) is 0 Å². The van der Waals surface area contributed by atoms with Gasteiger partial charge in [-0.1, -0.05) is 26.0 Å². The predicted molar refractivity (Wildman–Crippen MR) is 78.8 cm³/mol. The van der Waals surface area contributed by atoms with E-state index in [1.54, 1.807) is 23.5 Å². The molecule has 1 aromatic heterocycles. The molecular formula is C15H19NO2S. The van der Waals surface area contributed by atoms with Crippen molar-refractivity contribution in [1.82, 2.24) is 5.32 Å². The van der Waals surface area contributed by atoms with E-state index in [1.165, 1.54) is 10.9 Å². The fraction of sp³-hybridized carbons (Fsp3) is 0.333. The summed E-state index contributed by atoms with van der Waals surface area (Å²) in [6.45, 7) is 5.81. The maximum Gasteiger partial charge on any atom is 0.123 e. The van der Waals surface area contributed by atoms with Gasteiger partial charge in [0.15, 0.2) is 0 Å². The first-order chi connectivity index (χ1) is 8.99. The Balaban J connectivity index is 1.93. The Morgan fingerprint density at radius 3 is 2.63 bits per heavy atom. The topological polar surface area (TPSA) is 52.5 Å². The lowest BCUT2D eigenvalue weighted by molar-refractivity contribution is 0.436. The zero-order chi connectivity index (χ0) is 13.9. The molecule has 19 heavy (non-hydrogen) atoms. The molecule has 2 aromatic rings. The van der Waals surface area contributed by atoms with Crippen LogP contribution in [0.3, 0.4) is 0 Å². The van der Waals surface area contributed by atoms with Crippen LogP contribution in [-0.4, -0.2) is 16.8 Å². The fourth-order valence-corrected chi connectivity index (χ4v) is 2.81. The number of thiophene rings is 1. The number of phenolic OH excluding ortho intramolecular Hbond substituents is 2. The molecule has 0 radical (unpaired) electrons. The van der Waals surface area contributed by atoms with Crippen LogP contribution in [0.2, 0.25) is 0 Å². The van der Waals surface area contributed by atoms with E-state index in [1.807, 2.05) is 0 Å². The Morgan fingerprint density at radius 2 is 2.00 bits per heavy atom. The molecule has 0 atom stereocenters. The SMILES string of the molecule is CC(C)(CNCc1ccc(O)cc1O)c1cccs1. The number of nitrogens with one attached hydrogen (secondary N) is 1. The van der Waals surface area contributed by atoms with Gasteiger partial charge in [-0.3, -0.25) is 0 Å². The molecule has 2 rings (SSSR count). The average molecular weight is 277 g/mol. The molecule has 0 spiro atoms. The van der Waals surface area contributed by atoms with E-state index in [9.17, 15) is 10.2 Å². The molecule has 0 aliphatic heterocycles. The van der Waals surface area contributed by atoms with Crippen molar-refractivity contribution in [2.75, 3.05) is 6.54 Å². The Bertz CT molecular complexity index is 535. The first-order valence-electron chi connectivity index (χ1n) is 6.24. The molecule has 102 valence electrons. The normalized spacial score (nSPS) is 11.7. The lowest BCUT2D eigenvalue weighted by Crippen LogP contribution is -2.31. The third kappa shape index (κ3) is 3.49. The zero-order valence-electron chi connectivity index (χ0n) is 11.2. The number of aromatic hydroxyl groups is 2. The highest BCUT2D eigenvalue weighted by molar-refractivity contribution is 7.10. The van der Waals surface area contributed by atoms with Gasteiger partial charge >= 0.3 is 0 Å². The average Bonchev–Trinajstić information content (AvgIpc) is 2.86. The largest absolute Gasteiger partial charge is 0.508 e. The summed E-state index contributed by atoms with van der Waals surface area (Å²) in [6, 6.07) is 8.89. The van der Waals surface area contributed by atoms with Gasteiger partial charge in [-0.2, -0.15) is 0 Å². The Hall–Kier alpha value is -1.52. The van der Waals surface area contributed by atoms with Crippen molar-refractivity contribution in [2.45, 2.75) is 25.8 Å². The van der Waals surface area contributed by atoms with E-state index in [-0.39, 0.29) is 16.9 Å². The molecule has 0 aliphatic carbocycles. The van der Waals surface area contributed by atoms with Crippen LogP contribution in [-0.2, 0) is 12.0 Å². The third-order valence-corrected chi connectivity index (χ3v) is 4.38. The first-order valence-corrected chi connectivity index (χ1v) is 7.12. The second-order valence-corrected chi connectivity index (χ2v) is 6.23. The minimum Gasteiger partial charge on any atom is -0.508 e.